The Morgan fingerprint density at radius 1 is 1.08 bits per heavy atom. The first kappa shape index (κ1) is 16.3. The molecule has 0 radical (unpaired) electrons. The molecule has 5 nitrogen and oxygen atoms in total. The fourth-order valence-electron chi connectivity index (χ4n) is 3.95. The number of aryl methyl sites for hydroxylation is 1. The average molecular weight is 340 g/mol. The van der Waals surface area contributed by atoms with Crippen molar-refractivity contribution in [3.63, 3.8) is 0 Å². The summed E-state index contributed by atoms with van der Waals surface area (Å²) in [6, 6.07) is 5.13. The van der Waals surface area contributed by atoms with Gasteiger partial charge in [0.2, 0.25) is 0 Å². The monoisotopic (exact) mass is 340 g/mol. The van der Waals surface area contributed by atoms with Crippen molar-refractivity contribution < 1.29 is 9.53 Å². The number of hydrogen-bond donors (Lipinski definition) is 0. The maximum absolute atomic E-state index is 12.7. The molecular formula is C20H24N2O3. The summed E-state index contributed by atoms with van der Waals surface area (Å²) in [5.41, 5.74) is 1.11. The number of carbonyl (C=O) groups is 1. The van der Waals surface area contributed by atoms with Crippen LogP contribution in [0.4, 0.5) is 0 Å². The number of ether oxygens (including phenoxy) is 1. The summed E-state index contributed by atoms with van der Waals surface area (Å²) in [7, 11) is 0. The third-order valence-electron chi connectivity index (χ3n) is 5.38. The minimum atomic E-state index is -0.300. The quantitative estimate of drug-likeness (QED) is 0.784. The number of carbonyl (C=O) groups excluding carboxylic acids is 1. The van der Waals surface area contributed by atoms with Crippen LogP contribution < -0.4 is 5.56 Å². The third kappa shape index (κ3) is 3.32. The van der Waals surface area contributed by atoms with Crippen LogP contribution in [-0.4, -0.2) is 21.6 Å². The lowest BCUT2D eigenvalue weighted by Gasteiger charge is -2.21. The van der Waals surface area contributed by atoms with Crippen LogP contribution in [0.3, 0.4) is 0 Å². The van der Waals surface area contributed by atoms with Crippen LogP contribution in [0.5, 0.6) is 0 Å². The molecule has 25 heavy (non-hydrogen) atoms. The van der Waals surface area contributed by atoms with E-state index in [1.807, 2.05) is 0 Å². The molecule has 0 atom stereocenters. The molecule has 0 N–H and O–H groups in total. The Balaban J connectivity index is 1.65. The van der Waals surface area contributed by atoms with Gasteiger partial charge in [0.25, 0.3) is 5.56 Å². The van der Waals surface area contributed by atoms with Gasteiger partial charge < -0.3 is 4.74 Å². The van der Waals surface area contributed by atoms with E-state index in [2.05, 4.69) is 4.98 Å². The predicted molar refractivity (Wildman–Crippen MR) is 95.8 cm³/mol. The van der Waals surface area contributed by atoms with Gasteiger partial charge in [-0.1, -0.05) is 12.8 Å². The van der Waals surface area contributed by atoms with E-state index in [0.717, 1.165) is 63.7 Å². The summed E-state index contributed by atoms with van der Waals surface area (Å²) in [6.45, 7) is 0.739. The van der Waals surface area contributed by atoms with Crippen molar-refractivity contribution in [3.05, 3.63) is 39.9 Å². The molecule has 132 valence electrons. The number of benzene rings is 1. The normalized spacial score (nSPS) is 18.6. The molecule has 5 heteroatoms. The number of aromatic nitrogens is 2. The summed E-state index contributed by atoms with van der Waals surface area (Å²) in [5.74, 6) is 0.540. The molecule has 0 bridgehead atoms. The van der Waals surface area contributed by atoms with E-state index in [-0.39, 0.29) is 17.6 Å². The molecule has 0 saturated heterocycles. The van der Waals surface area contributed by atoms with Gasteiger partial charge in [-0.3, -0.25) is 9.36 Å². The van der Waals surface area contributed by atoms with Crippen LogP contribution in [0, 0.1) is 0 Å². The molecule has 2 heterocycles. The Kier molecular flexibility index (Phi) is 4.55. The topological polar surface area (TPSA) is 61.2 Å². The smallest absolute Gasteiger partial charge is 0.338 e. The first-order valence-corrected chi connectivity index (χ1v) is 9.47. The van der Waals surface area contributed by atoms with Crippen LogP contribution in [0.15, 0.2) is 23.0 Å². The van der Waals surface area contributed by atoms with Gasteiger partial charge in [-0.05, 0) is 56.7 Å². The standard InChI is InChI=1S/C20H24N2O3/c23-19-16-11-10-14(20(24)25-15-7-3-1-4-8-15)13-17(16)21-18-9-5-2-6-12-22(18)19/h10-11,13,15H,1-9,12H2. The predicted octanol–water partition coefficient (Wildman–Crippen LogP) is 3.61. The average Bonchev–Trinajstić information content (AvgIpc) is 2.88. The third-order valence-corrected chi connectivity index (χ3v) is 5.38. The SMILES string of the molecule is O=C(OC1CCCCC1)c1ccc2c(=O)n3c(nc2c1)CCCCC3. The Morgan fingerprint density at radius 3 is 2.72 bits per heavy atom. The number of hydrogen-bond acceptors (Lipinski definition) is 4. The molecule has 2 aromatic rings. The largest absolute Gasteiger partial charge is 0.459 e. The van der Waals surface area contributed by atoms with Crippen LogP contribution in [0.1, 0.15) is 67.5 Å². The maximum Gasteiger partial charge on any atom is 0.338 e. The van der Waals surface area contributed by atoms with Crippen LogP contribution in [-0.2, 0) is 17.7 Å². The van der Waals surface area contributed by atoms with Gasteiger partial charge >= 0.3 is 5.97 Å². The Bertz CT molecular complexity index is 850. The lowest BCUT2D eigenvalue weighted by Crippen LogP contribution is -2.25. The second-order valence-electron chi connectivity index (χ2n) is 7.19. The second-order valence-corrected chi connectivity index (χ2v) is 7.19. The van der Waals surface area contributed by atoms with Gasteiger partial charge in [-0.2, -0.15) is 0 Å². The van der Waals surface area contributed by atoms with E-state index >= 15 is 0 Å². The molecular weight excluding hydrogens is 316 g/mol. The molecule has 0 amide bonds. The lowest BCUT2D eigenvalue weighted by atomic mass is 9.98. The molecule has 1 aromatic heterocycles. The molecule has 1 aliphatic heterocycles. The van der Waals surface area contributed by atoms with Crippen molar-refractivity contribution in [1.82, 2.24) is 9.55 Å². The van der Waals surface area contributed by atoms with Gasteiger partial charge in [0.05, 0.1) is 16.5 Å². The van der Waals surface area contributed by atoms with E-state index < -0.39 is 0 Å². The molecule has 0 unspecified atom stereocenters. The zero-order valence-electron chi connectivity index (χ0n) is 14.5. The molecule has 0 spiro atoms. The van der Waals surface area contributed by atoms with Crippen molar-refractivity contribution in [2.75, 3.05) is 0 Å². The van der Waals surface area contributed by atoms with E-state index in [0.29, 0.717) is 16.5 Å². The second kappa shape index (κ2) is 6.98. The molecule has 2 aliphatic rings. The highest BCUT2D eigenvalue weighted by Crippen LogP contribution is 2.22. The summed E-state index contributed by atoms with van der Waals surface area (Å²) in [5, 5.41) is 0.583. The molecule has 4 rings (SSSR count). The minimum absolute atomic E-state index is 0.00842. The van der Waals surface area contributed by atoms with Crippen molar-refractivity contribution in [3.8, 4) is 0 Å². The Morgan fingerprint density at radius 2 is 1.88 bits per heavy atom. The summed E-state index contributed by atoms with van der Waals surface area (Å²) in [6.07, 6.45) is 9.43. The van der Waals surface area contributed by atoms with Gasteiger partial charge in [0, 0.05) is 13.0 Å². The van der Waals surface area contributed by atoms with E-state index in [9.17, 15) is 9.59 Å². The highest BCUT2D eigenvalue weighted by molar-refractivity contribution is 5.94. The number of rotatable bonds is 2. The van der Waals surface area contributed by atoms with Gasteiger partial charge in [0.15, 0.2) is 0 Å². The fraction of sp³-hybridized carbons (Fsp3) is 0.550. The van der Waals surface area contributed by atoms with Crippen LogP contribution in [0.2, 0.25) is 0 Å². The molecule has 1 aliphatic carbocycles. The van der Waals surface area contributed by atoms with Gasteiger partial charge in [0.1, 0.15) is 11.9 Å². The van der Waals surface area contributed by atoms with Crippen molar-refractivity contribution in [1.29, 1.82) is 0 Å². The maximum atomic E-state index is 12.7. The number of nitrogens with zero attached hydrogens (tertiary/aromatic N) is 2. The Hall–Kier alpha value is -2.17. The molecule has 1 fully saturated rings. The van der Waals surface area contributed by atoms with E-state index in [1.165, 1.54) is 6.42 Å². The number of esters is 1. The zero-order valence-corrected chi connectivity index (χ0v) is 14.5. The zero-order chi connectivity index (χ0) is 17.2. The minimum Gasteiger partial charge on any atom is -0.459 e. The van der Waals surface area contributed by atoms with Crippen LogP contribution in [0.25, 0.3) is 10.9 Å². The fourth-order valence-corrected chi connectivity index (χ4v) is 3.95. The molecule has 1 saturated carbocycles. The van der Waals surface area contributed by atoms with E-state index in [1.54, 1.807) is 22.8 Å². The highest BCUT2D eigenvalue weighted by Gasteiger charge is 2.20. The van der Waals surface area contributed by atoms with Gasteiger partial charge in [-0.15, -0.1) is 0 Å². The van der Waals surface area contributed by atoms with Crippen LogP contribution >= 0.6 is 0 Å². The summed E-state index contributed by atoms with van der Waals surface area (Å²) < 4.78 is 7.44. The summed E-state index contributed by atoms with van der Waals surface area (Å²) in [4.78, 5) is 29.9. The van der Waals surface area contributed by atoms with Crippen molar-refractivity contribution in [2.24, 2.45) is 0 Å². The first-order valence-electron chi connectivity index (χ1n) is 9.47. The molecule has 1 aromatic carbocycles. The van der Waals surface area contributed by atoms with Crippen molar-refractivity contribution in [2.45, 2.75) is 70.4 Å². The van der Waals surface area contributed by atoms with Gasteiger partial charge in [-0.25, -0.2) is 9.78 Å². The van der Waals surface area contributed by atoms with Crippen molar-refractivity contribution >= 4 is 16.9 Å². The summed E-state index contributed by atoms with van der Waals surface area (Å²) >= 11 is 0. The Labute approximate surface area is 147 Å². The lowest BCUT2D eigenvalue weighted by molar-refractivity contribution is 0.0211. The first-order chi connectivity index (χ1) is 12.2. The number of fused-ring (bicyclic) bond motifs is 2. The van der Waals surface area contributed by atoms with E-state index in [4.69, 9.17) is 4.74 Å². The highest BCUT2D eigenvalue weighted by atomic mass is 16.5.